The molecule has 106 valence electrons. The third-order valence-electron chi connectivity index (χ3n) is 4.36. The zero-order valence-corrected chi connectivity index (χ0v) is 11.7. The smallest absolute Gasteiger partial charge is 0.336 e. The fraction of sp³-hybridized carbons (Fsp3) is 0.438. The Morgan fingerprint density at radius 2 is 1.95 bits per heavy atom. The molecule has 0 saturated heterocycles. The Bertz CT molecular complexity index is 697. The zero-order chi connectivity index (χ0) is 14.3. The molecule has 0 spiro atoms. The van der Waals surface area contributed by atoms with Crippen LogP contribution < -0.4 is 10.4 Å². The van der Waals surface area contributed by atoms with Gasteiger partial charge in [-0.05, 0) is 31.0 Å². The van der Waals surface area contributed by atoms with E-state index in [1.54, 1.807) is 6.07 Å². The molecule has 1 atom stereocenters. The Hall–Kier alpha value is -1.81. The summed E-state index contributed by atoms with van der Waals surface area (Å²) >= 11 is 0. The number of hydrogen-bond acceptors (Lipinski definition) is 4. The molecule has 0 fully saturated rings. The summed E-state index contributed by atoms with van der Waals surface area (Å²) in [5.74, 6) is 0.709. The highest BCUT2D eigenvalue weighted by Crippen LogP contribution is 2.40. The average molecular weight is 274 g/mol. The third-order valence-corrected chi connectivity index (χ3v) is 4.36. The first-order valence-corrected chi connectivity index (χ1v) is 7.02. The topological polar surface area (TPSA) is 59.7 Å². The van der Waals surface area contributed by atoms with Crippen LogP contribution in [0.5, 0.6) is 5.75 Å². The Kier molecular flexibility index (Phi) is 3.05. The number of aliphatic hydroxyl groups excluding tert-OH is 1. The van der Waals surface area contributed by atoms with E-state index in [9.17, 15) is 9.90 Å². The van der Waals surface area contributed by atoms with Gasteiger partial charge in [-0.3, -0.25) is 0 Å². The molecule has 4 heteroatoms. The molecular weight excluding hydrogens is 256 g/mol. The van der Waals surface area contributed by atoms with Gasteiger partial charge in [0.05, 0.1) is 6.10 Å². The van der Waals surface area contributed by atoms with E-state index in [-0.39, 0.29) is 5.63 Å². The SMILES string of the molecule is CCC1(CC)Oc2ccc3ccc(=O)oc3c2CC1O. The van der Waals surface area contributed by atoms with Crippen LogP contribution in [0, 0.1) is 0 Å². The second kappa shape index (κ2) is 4.63. The molecule has 1 unspecified atom stereocenters. The van der Waals surface area contributed by atoms with Crippen molar-refractivity contribution in [1.29, 1.82) is 0 Å². The van der Waals surface area contributed by atoms with Crippen LogP contribution in [0.2, 0.25) is 0 Å². The Labute approximate surface area is 117 Å². The van der Waals surface area contributed by atoms with Crippen LogP contribution in [-0.2, 0) is 6.42 Å². The fourth-order valence-electron chi connectivity index (χ4n) is 2.99. The van der Waals surface area contributed by atoms with Gasteiger partial charge in [-0.2, -0.15) is 0 Å². The average Bonchev–Trinajstić information content (AvgIpc) is 2.47. The summed E-state index contributed by atoms with van der Waals surface area (Å²) in [6.07, 6.45) is 1.32. The zero-order valence-electron chi connectivity index (χ0n) is 11.7. The van der Waals surface area contributed by atoms with Gasteiger partial charge in [-0.15, -0.1) is 0 Å². The van der Waals surface area contributed by atoms with Crippen molar-refractivity contribution in [3.05, 3.63) is 40.2 Å². The second-order valence-electron chi connectivity index (χ2n) is 5.31. The molecule has 20 heavy (non-hydrogen) atoms. The van der Waals surface area contributed by atoms with Crippen LogP contribution in [0.1, 0.15) is 32.3 Å². The van der Waals surface area contributed by atoms with Crippen LogP contribution >= 0.6 is 0 Å². The highest BCUT2D eigenvalue weighted by Gasteiger charge is 2.42. The minimum Gasteiger partial charge on any atom is -0.484 e. The highest BCUT2D eigenvalue weighted by atomic mass is 16.5. The fourth-order valence-corrected chi connectivity index (χ4v) is 2.99. The lowest BCUT2D eigenvalue weighted by Gasteiger charge is -2.41. The highest BCUT2D eigenvalue weighted by molar-refractivity contribution is 5.82. The Morgan fingerprint density at radius 3 is 2.65 bits per heavy atom. The van der Waals surface area contributed by atoms with E-state index < -0.39 is 11.7 Å². The summed E-state index contributed by atoms with van der Waals surface area (Å²) in [6, 6.07) is 6.90. The molecule has 0 aliphatic carbocycles. The van der Waals surface area contributed by atoms with E-state index in [0.29, 0.717) is 17.8 Å². The Morgan fingerprint density at radius 1 is 1.25 bits per heavy atom. The number of aliphatic hydroxyl groups is 1. The number of ether oxygens (including phenoxy) is 1. The first-order valence-electron chi connectivity index (χ1n) is 7.02. The summed E-state index contributed by atoms with van der Waals surface area (Å²) in [4.78, 5) is 11.4. The summed E-state index contributed by atoms with van der Waals surface area (Å²) in [6.45, 7) is 4.03. The molecule has 0 saturated carbocycles. The summed E-state index contributed by atoms with van der Waals surface area (Å²) in [5.41, 5.74) is 0.374. The minimum absolute atomic E-state index is 0.386. The lowest BCUT2D eigenvalue weighted by atomic mass is 9.83. The van der Waals surface area contributed by atoms with Crippen LogP contribution in [0.15, 0.2) is 33.5 Å². The standard InChI is InChI=1S/C16H18O4/c1-3-16(4-2)13(17)9-11-12(20-16)7-5-10-6-8-14(18)19-15(10)11/h5-8,13,17H,3-4,9H2,1-2H3. The number of benzene rings is 1. The maximum atomic E-state index is 11.4. The first-order chi connectivity index (χ1) is 9.59. The van der Waals surface area contributed by atoms with Gasteiger partial charge in [0.15, 0.2) is 0 Å². The van der Waals surface area contributed by atoms with Gasteiger partial charge >= 0.3 is 5.63 Å². The number of hydrogen-bond donors (Lipinski definition) is 1. The van der Waals surface area contributed by atoms with Crippen molar-refractivity contribution in [1.82, 2.24) is 0 Å². The molecule has 4 nitrogen and oxygen atoms in total. The second-order valence-corrected chi connectivity index (χ2v) is 5.31. The van der Waals surface area contributed by atoms with Gasteiger partial charge in [0.1, 0.15) is 16.9 Å². The molecule has 3 rings (SSSR count). The summed E-state index contributed by atoms with van der Waals surface area (Å²) < 4.78 is 11.4. The molecule has 1 N–H and O–H groups in total. The third kappa shape index (κ3) is 1.83. The van der Waals surface area contributed by atoms with Crippen molar-refractivity contribution >= 4 is 11.0 Å². The molecule has 2 heterocycles. The maximum absolute atomic E-state index is 11.4. The lowest BCUT2D eigenvalue weighted by Crippen LogP contribution is -2.50. The van der Waals surface area contributed by atoms with E-state index in [0.717, 1.165) is 23.8 Å². The Balaban J connectivity index is 2.19. The summed E-state index contributed by atoms with van der Waals surface area (Å²) in [7, 11) is 0. The van der Waals surface area contributed by atoms with Crippen molar-refractivity contribution in [2.75, 3.05) is 0 Å². The molecule has 0 bridgehead atoms. The predicted molar refractivity (Wildman–Crippen MR) is 76.1 cm³/mol. The number of fused-ring (bicyclic) bond motifs is 3. The predicted octanol–water partition coefficient (Wildman–Crippen LogP) is 2.65. The monoisotopic (exact) mass is 274 g/mol. The lowest BCUT2D eigenvalue weighted by molar-refractivity contribution is -0.0715. The largest absolute Gasteiger partial charge is 0.484 e. The molecular formula is C16H18O4. The van der Waals surface area contributed by atoms with Crippen molar-refractivity contribution in [2.24, 2.45) is 0 Å². The van der Waals surface area contributed by atoms with Gasteiger partial charge < -0.3 is 14.3 Å². The first kappa shape index (κ1) is 13.2. The van der Waals surface area contributed by atoms with E-state index in [1.807, 2.05) is 26.0 Å². The van der Waals surface area contributed by atoms with Gasteiger partial charge in [-0.25, -0.2) is 4.79 Å². The normalized spacial score (nSPS) is 20.4. The van der Waals surface area contributed by atoms with Gasteiger partial charge in [-0.1, -0.05) is 13.8 Å². The molecule has 2 aromatic rings. The molecule has 1 aromatic carbocycles. The molecule has 1 aromatic heterocycles. The van der Waals surface area contributed by atoms with Crippen molar-refractivity contribution in [2.45, 2.75) is 44.8 Å². The molecule has 1 aliphatic heterocycles. The van der Waals surface area contributed by atoms with E-state index in [1.165, 1.54) is 6.07 Å². The van der Waals surface area contributed by atoms with Crippen LogP contribution in [0.25, 0.3) is 11.0 Å². The van der Waals surface area contributed by atoms with Gasteiger partial charge in [0, 0.05) is 23.4 Å². The van der Waals surface area contributed by atoms with Crippen molar-refractivity contribution in [3.8, 4) is 5.75 Å². The van der Waals surface area contributed by atoms with E-state index >= 15 is 0 Å². The van der Waals surface area contributed by atoms with Crippen LogP contribution in [-0.4, -0.2) is 16.8 Å². The van der Waals surface area contributed by atoms with Crippen LogP contribution in [0.4, 0.5) is 0 Å². The minimum atomic E-state index is -0.596. The molecule has 1 aliphatic rings. The van der Waals surface area contributed by atoms with E-state index in [2.05, 4.69) is 0 Å². The molecule has 0 amide bonds. The van der Waals surface area contributed by atoms with E-state index in [4.69, 9.17) is 9.15 Å². The van der Waals surface area contributed by atoms with Crippen LogP contribution in [0.3, 0.4) is 0 Å². The quantitative estimate of drug-likeness (QED) is 0.855. The maximum Gasteiger partial charge on any atom is 0.336 e. The van der Waals surface area contributed by atoms with Crippen molar-refractivity contribution < 1.29 is 14.3 Å². The summed E-state index contributed by atoms with van der Waals surface area (Å²) in [5, 5.41) is 11.3. The van der Waals surface area contributed by atoms with Gasteiger partial charge in [0.2, 0.25) is 0 Å². The van der Waals surface area contributed by atoms with Crippen molar-refractivity contribution in [3.63, 3.8) is 0 Å². The molecule has 0 radical (unpaired) electrons. The van der Waals surface area contributed by atoms with Gasteiger partial charge in [0.25, 0.3) is 0 Å². The number of rotatable bonds is 2.